The van der Waals surface area contributed by atoms with Gasteiger partial charge in [-0.1, -0.05) is 16.6 Å². The summed E-state index contributed by atoms with van der Waals surface area (Å²) in [4.78, 5) is 20.3. The molecule has 3 aromatic rings. The number of ether oxygens (including phenoxy) is 1. The van der Waals surface area contributed by atoms with Crippen molar-refractivity contribution in [3.8, 4) is 16.9 Å². The number of benzene rings is 1. The van der Waals surface area contributed by atoms with Gasteiger partial charge in [0.15, 0.2) is 0 Å². The van der Waals surface area contributed by atoms with E-state index in [1.165, 1.54) is 0 Å². The molecule has 144 valence electrons. The van der Waals surface area contributed by atoms with Gasteiger partial charge in [-0.05, 0) is 73.6 Å². The first-order chi connectivity index (χ1) is 13.6. The molecule has 0 radical (unpaired) electrons. The van der Waals surface area contributed by atoms with Gasteiger partial charge in [-0.25, -0.2) is 0 Å². The third-order valence-corrected chi connectivity index (χ3v) is 5.89. The van der Waals surface area contributed by atoms with E-state index in [2.05, 4.69) is 27.8 Å². The van der Waals surface area contributed by atoms with Crippen molar-refractivity contribution in [3.05, 3.63) is 58.4 Å². The van der Waals surface area contributed by atoms with Crippen LogP contribution in [0.25, 0.3) is 11.1 Å². The van der Waals surface area contributed by atoms with Gasteiger partial charge in [0.05, 0.1) is 24.5 Å². The summed E-state index contributed by atoms with van der Waals surface area (Å²) in [5.41, 5.74) is 4.71. The van der Waals surface area contributed by atoms with Gasteiger partial charge in [0.2, 0.25) is 0 Å². The minimum Gasteiger partial charge on any atom is -0.497 e. The molecular formula is C21H22N4O2S. The van der Waals surface area contributed by atoms with Crippen LogP contribution >= 0.6 is 11.5 Å². The first-order valence-electron chi connectivity index (χ1n) is 9.30. The van der Waals surface area contributed by atoms with Crippen LogP contribution in [0.1, 0.15) is 45.6 Å². The molecule has 1 aliphatic rings. The van der Waals surface area contributed by atoms with E-state index in [4.69, 9.17) is 9.72 Å². The zero-order chi connectivity index (χ0) is 19.7. The molecule has 0 spiro atoms. The van der Waals surface area contributed by atoms with E-state index >= 15 is 0 Å². The molecule has 3 heterocycles. The number of amides is 1. The minimum absolute atomic E-state index is 0.00114. The Morgan fingerprint density at radius 1 is 1.21 bits per heavy atom. The smallest absolute Gasteiger partial charge is 0.268 e. The molecule has 0 N–H and O–H groups in total. The van der Waals surface area contributed by atoms with Crippen molar-refractivity contribution < 1.29 is 9.53 Å². The molecule has 1 saturated heterocycles. The number of pyridine rings is 1. The lowest BCUT2D eigenvalue weighted by Crippen LogP contribution is -2.31. The van der Waals surface area contributed by atoms with Crippen LogP contribution in [0, 0.1) is 13.8 Å². The number of hydrogen-bond acceptors (Lipinski definition) is 6. The molecule has 6 nitrogen and oxygen atoms in total. The van der Waals surface area contributed by atoms with Crippen LogP contribution in [0.4, 0.5) is 0 Å². The van der Waals surface area contributed by atoms with Crippen LogP contribution in [0.2, 0.25) is 0 Å². The Morgan fingerprint density at radius 3 is 2.82 bits per heavy atom. The summed E-state index contributed by atoms with van der Waals surface area (Å²) in [5, 5.41) is 3.98. The highest BCUT2D eigenvalue weighted by atomic mass is 32.1. The molecular weight excluding hydrogens is 372 g/mol. The molecule has 28 heavy (non-hydrogen) atoms. The highest BCUT2D eigenvalue weighted by Gasteiger charge is 2.33. The zero-order valence-electron chi connectivity index (χ0n) is 16.2. The van der Waals surface area contributed by atoms with Crippen molar-refractivity contribution in [1.29, 1.82) is 0 Å². The standard InChI is InChI=1S/C21H22N4O2S/c1-13-10-16(15-6-4-7-17(11-15)27-3)12-18(22-13)19-8-5-9-25(19)21(26)20-14(2)23-24-28-20/h4,6-7,10-12,19H,5,8-9H2,1-3H3. The van der Waals surface area contributed by atoms with Gasteiger partial charge in [-0.3, -0.25) is 9.78 Å². The number of nitrogens with zero attached hydrogens (tertiary/aromatic N) is 4. The number of carbonyl (C=O) groups excluding carboxylic acids is 1. The molecule has 1 amide bonds. The maximum Gasteiger partial charge on any atom is 0.268 e. The highest BCUT2D eigenvalue weighted by Crippen LogP contribution is 2.35. The largest absolute Gasteiger partial charge is 0.497 e. The Balaban J connectivity index is 1.69. The van der Waals surface area contributed by atoms with E-state index in [1.807, 2.05) is 36.9 Å². The van der Waals surface area contributed by atoms with Crippen LogP contribution in [0.5, 0.6) is 5.75 Å². The van der Waals surface area contributed by atoms with E-state index in [9.17, 15) is 4.79 Å². The monoisotopic (exact) mass is 394 g/mol. The van der Waals surface area contributed by atoms with Crippen LogP contribution in [0.15, 0.2) is 36.4 Å². The Bertz CT molecular complexity index is 1020. The van der Waals surface area contributed by atoms with E-state index in [-0.39, 0.29) is 11.9 Å². The van der Waals surface area contributed by atoms with E-state index in [1.54, 1.807) is 7.11 Å². The maximum atomic E-state index is 13.0. The summed E-state index contributed by atoms with van der Waals surface area (Å²) in [6.45, 7) is 4.55. The van der Waals surface area contributed by atoms with Crippen molar-refractivity contribution in [3.63, 3.8) is 0 Å². The summed E-state index contributed by atoms with van der Waals surface area (Å²) in [6, 6.07) is 12.1. The summed E-state index contributed by atoms with van der Waals surface area (Å²) >= 11 is 1.16. The third-order valence-electron chi connectivity index (χ3n) is 5.08. The fraction of sp³-hybridized carbons (Fsp3) is 0.333. The maximum absolute atomic E-state index is 13.0. The number of rotatable bonds is 4. The van der Waals surface area contributed by atoms with Crippen LogP contribution in [-0.4, -0.2) is 39.0 Å². The SMILES string of the molecule is COc1cccc(-c2cc(C)nc(C3CCCN3C(=O)c3snnc3C)c2)c1. The van der Waals surface area contributed by atoms with Gasteiger partial charge in [0.25, 0.3) is 5.91 Å². The second kappa shape index (κ2) is 7.67. The Labute approximate surface area is 168 Å². The fourth-order valence-electron chi connectivity index (χ4n) is 3.71. The van der Waals surface area contributed by atoms with Gasteiger partial charge < -0.3 is 9.64 Å². The molecule has 1 fully saturated rings. The average molecular weight is 395 g/mol. The molecule has 1 aliphatic heterocycles. The van der Waals surface area contributed by atoms with Crippen molar-refractivity contribution in [2.45, 2.75) is 32.7 Å². The lowest BCUT2D eigenvalue weighted by molar-refractivity contribution is 0.0737. The average Bonchev–Trinajstić information content (AvgIpc) is 3.36. The Morgan fingerprint density at radius 2 is 2.07 bits per heavy atom. The topological polar surface area (TPSA) is 68.2 Å². The van der Waals surface area contributed by atoms with E-state index in [0.29, 0.717) is 10.6 Å². The summed E-state index contributed by atoms with van der Waals surface area (Å²) in [5.74, 6) is 0.820. The Kier molecular flexibility index (Phi) is 5.09. The molecule has 7 heteroatoms. The third kappa shape index (κ3) is 3.49. The second-order valence-electron chi connectivity index (χ2n) is 7.00. The quantitative estimate of drug-likeness (QED) is 0.663. The Hall–Kier alpha value is -2.80. The van der Waals surface area contributed by atoms with Crippen LogP contribution in [-0.2, 0) is 0 Å². The summed E-state index contributed by atoms with van der Waals surface area (Å²) in [6.07, 6.45) is 1.87. The first-order valence-corrected chi connectivity index (χ1v) is 10.1. The number of aryl methyl sites for hydroxylation is 2. The second-order valence-corrected chi connectivity index (χ2v) is 7.75. The van der Waals surface area contributed by atoms with Crippen molar-refractivity contribution in [2.24, 2.45) is 0 Å². The molecule has 0 aliphatic carbocycles. The number of hydrogen-bond donors (Lipinski definition) is 0. The predicted octanol–water partition coefficient (Wildman–Crippen LogP) is 4.20. The molecule has 2 aromatic heterocycles. The normalized spacial score (nSPS) is 16.4. The molecule has 0 saturated carbocycles. The van der Waals surface area contributed by atoms with Gasteiger partial charge in [0.1, 0.15) is 10.6 Å². The number of methoxy groups -OCH3 is 1. The lowest BCUT2D eigenvalue weighted by atomic mass is 10.0. The first kappa shape index (κ1) is 18.6. The molecule has 1 aromatic carbocycles. The molecule has 4 rings (SSSR count). The van der Waals surface area contributed by atoms with Crippen LogP contribution < -0.4 is 4.74 Å². The van der Waals surface area contributed by atoms with Gasteiger partial charge in [0, 0.05) is 12.2 Å². The summed E-state index contributed by atoms with van der Waals surface area (Å²) in [7, 11) is 1.67. The number of aromatic nitrogens is 3. The van der Waals surface area contributed by atoms with Crippen molar-refractivity contribution in [1.82, 2.24) is 19.5 Å². The van der Waals surface area contributed by atoms with Crippen LogP contribution in [0.3, 0.4) is 0 Å². The van der Waals surface area contributed by atoms with Crippen molar-refractivity contribution >= 4 is 17.4 Å². The predicted molar refractivity (Wildman–Crippen MR) is 109 cm³/mol. The molecule has 1 unspecified atom stereocenters. The van der Waals surface area contributed by atoms with E-state index < -0.39 is 0 Å². The van der Waals surface area contributed by atoms with Crippen molar-refractivity contribution in [2.75, 3.05) is 13.7 Å². The number of carbonyl (C=O) groups is 1. The molecule has 1 atom stereocenters. The van der Waals surface area contributed by atoms with Gasteiger partial charge in [-0.2, -0.15) is 0 Å². The minimum atomic E-state index is -0.0294. The fourth-order valence-corrected chi connectivity index (χ4v) is 4.32. The zero-order valence-corrected chi connectivity index (χ0v) is 17.0. The van der Waals surface area contributed by atoms with E-state index in [0.717, 1.165) is 59.2 Å². The van der Waals surface area contributed by atoms with Gasteiger partial charge >= 0.3 is 0 Å². The highest BCUT2D eigenvalue weighted by molar-refractivity contribution is 7.07. The summed E-state index contributed by atoms with van der Waals surface area (Å²) < 4.78 is 9.27. The number of likely N-dealkylation sites (tertiary alicyclic amines) is 1. The van der Waals surface area contributed by atoms with Gasteiger partial charge in [-0.15, -0.1) is 5.10 Å². The lowest BCUT2D eigenvalue weighted by Gasteiger charge is -2.24. The molecule has 0 bridgehead atoms.